The minimum atomic E-state index is 0.118. The van der Waals surface area contributed by atoms with E-state index >= 15 is 0 Å². The van der Waals surface area contributed by atoms with Crippen LogP contribution in [0.1, 0.15) is 32.1 Å². The molecule has 3 saturated heterocycles. The highest BCUT2D eigenvalue weighted by Gasteiger charge is 2.34. The molecule has 3 aliphatic heterocycles. The van der Waals surface area contributed by atoms with Crippen LogP contribution in [0.3, 0.4) is 0 Å². The molecule has 17 heavy (non-hydrogen) atoms. The minimum absolute atomic E-state index is 0.118. The maximum atomic E-state index is 12.3. The SMILES string of the molecule is O=C(C1CCCN1)N1CCC(N2CCCC2)C1. The van der Waals surface area contributed by atoms with Crippen molar-refractivity contribution in [1.82, 2.24) is 15.1 Å². The van der Waals surface area contributed by atoms with Gasteiger partial charge in [-0.15, -0.1) is 0 Å². The van der Waals surface area contributed by atoms with Crippen molar-refractivity contribution >= 4 is 5.91 Å². The quantitative estimate of drug-likeness (QED) is 0.757. The van der Waals surface area contributed by atoms with Crippen molar-refractivity contribution in [3.05, 3.63) is 0 Å². The lowest BCUT2D eigenvalue weighted by Crippen LogP contribution is -2.44. The van der Waals surface area contributed by atoms with Crippen molar-refractivity contribution in [3.8, 4) is 0 Å². The summed E-state index contributed by atoms with van der Waals surface area (Å²) in [5.74, 6) is 0.351. The van der Waals surface area contributed by atoms with Gasteiger partial charge in [-0.3, -0.25) is 9.69 Å². The number of carbonyl (C=O) groups is 1. The zero-order valence-corrected chi connectivity index (χ0v) is 10.5. The maximum absolute atomic E-state index is 12.3. The number of nitrogens with zero attached hydrogens (tertiary/aromatic N) is 2. The number of hydrogen-bond donors (Lipinski definition) is 1. The van der Waals surface area contributed by atoms with Crippen LogP contribution in [-0.4, -0.2) is 60.5 Å². The molecule has 96 valence electrons. The summed E-state index contributed by atoms with van der Waals surface area (Å²) in [6.07, 6.45) is 6.05. The van der Waals surface area contributed by atoms with E-state index in [9.17, 15) is 4.79 Å². The molecule has 3 rings (SSSR count). The summed E-state index contributed by atoms with van der Waals surface area (Å²) in [6.45, 7) is 5.44. The van der Waals surface area contributed by atoms with Crippen molar-refractivity contribution in [2.75, 3.05) is 32.7 Å². The van der Waals surface area contributed by atoms with Crippen molar-refractivity contribution in [2.45, 2.75) is 44.2 Å². The number of hydrogen-bond acceptors (Lipinski definition) is 3. The fourth-order valence-corrected chi connectivity index (χ4v) is 3.46. The molecule has 0 aliphatic carbocycles. The predicted molar refractivity (Wildman–Crippen MR) is 66.8 cm³/mol. The van der Waals surface area contributed by atoms with Crippen LogP contribution in [0.15, 0.2) is 0 Å². The zero-order chi connectivity index (χ0) is 11.7. The van der Waals surface area contributed by atoms with Gasteiger partial charge in [-0.1, -0.05) is 0 Å². The number of rotatable bonds is 2. The average Bonchev–Trinajstić information content (AvgIpc) is 3.09. The van der Waals surface area contributed by atoms with Gasteiger partial charge >= 0.3 is 0 Å². The highest BCUT2D eigenvalue weighted by molar-refractivity contribution is 5.82. The van der Waals surface area contributed by atoms with Crippen LogP contribution in [0, 0.1) is 0 Å². The number of amides is 1. The molecule has 4 heteroatoms. The molecule has 3 fully saturated rings. The smallest absolute Gasteiger partial charge is 0.239 e. The number of likely N-dealkylation sites (tertiary alicyclic amines) is 2. The number of carbonyl (C=O) groups excluding carboxylic acids is 1. The molecule has 0 bridgehead atoms. The molecular weight excluding hydrogens is 214 g/mol. The second-order valence-electron chi connectivity index (χ2n) is 5.62. The van der Waals surface area contributed by atoms with Gasteiger partial charge in [-0.2, -0.15) is 0 Å². The van der Waals surface area contributed by atoms with E-state index in [1.165, 1.54) is 32.4 Å². The minimum Gasteiger partial charge on any atom is -0.340 e. The van der Waals surface area contributed by atoms with E-state index in [-0.39, 0.29) is 6.04 Å². The lowest BCUT2D eigenvalue weighted by atomic mass is 10.2. The molecule has 3 heterocycles. The van der Waals surface area contributed by atoms with E-state index < -0.39 is 0 Å². The summed E-state index contributed by atoms with van der Waals surface area (Å²) in [5.41, 5.74) is 0. The van der Waals surface area contributed by atoms with Gasteiger partial charge in [0.05, 0.1) is 6.04 Å². The van der Waals surface area contributed by atoms with Crippen LogP contribution in [0.5, 0.6) is 0 Å². The van der Waals surface area contributed by atoms with E-state index in [1.807, 2.05) is 0 Å². The summed E-state index contributed by atoms with van der Waals surface area (Å²) < 4.78 is 0. The van der Waals surface area contributed by atoms with Gasteiger partial charge in [0.25, 0.3) is 0 Å². The third-order valence-corrected chi connectivity index (χ3v) is 4.49. The molecule has 0 aromatic heterocycles. The lowest BCUT2D eigenvalue weighted by molar-refractivity contribution is -0.132. The molecule has 0 saturated carbocycles. The van der Waals surface area contributed by atoms with Crippen LogP contribution < -0.4 is 5.32 Å². The Morgan fingerprint density at radius 1 is 1.06 bits per heavy atom. The highest BCUT2D eigenvalue weighted by atomic mass is 16.2. The fraction of sp³-hybridized carbons (Fsp3) is 0.923. The number of nitrogens with one attached hydrogen (secondary N) is 1. The molecule has 0 aromatic rings. The Kier molecular flexibility index (Phi) is 3.34. The molecule has 0 spiro atoms. The van der Waals surface area contributed by atoms with E-state index in [0.717, 1.165) is 32.5 Å². The largest absolute Gasteiger partial charge is 0.340 e. The van der Waals surface area contributed by atoms with E-state index in [4.69, 9.17) is 0 Å². The van der Waals surface area contributed by atoms with Gasteiger partial charge in [0.2, 0.25) is 5.91 Å². The van der Waals surface area contributed by atoms with Gasteiger partial charge in [0.1, 0.15) is 0 Å². The Balaban J connectivity index is 1.54. The predicted octanol–water partition coefficient (Wildman–Crippen LogP) is 0.435. The molecule has 1 N–H and O–H groups in total. The second kappa shape index (κ2) is 4.94. The monoisotopic (exact) mass is 237 g/mol. The molecule has 2 unspecified atom stereocenters. The molecule has 3 aliphatic rings. The van der Waals surface area contributed by atoms with Crippen molar-refractivity contribution < 1.29 is 4.79 Å². The standard InChI is InChI=1S/C13H23N3O/c17-13(12-4-3-6-14-12)16-9-5-11(10-16)15-7-1-2-8-15/h11-12,14H,1-10H2. The lowest BCUT2D eigenvalue weighted by Gasteiger charge is -2.25. The van der Waals surface area contributed by atoms with E-state index in [1.54, 1.807) is 0 Å². The van der Waals surface area contributed by atoms with Crippen LogP contribution in [0.4, 0.5) is 0 Å². The fourth-order valence-electron chi connectivity index (χ4n) is 3.46. The first-order valence-corrected chi connectivity index (χ1v) is 7.11. The topological polar surface area (TPSA) is 35.6 Å². The van der Waals surface area contributed by atoms with Crippen LogP contribution in [0.2, 0.25) is 0 Å². The summed E-state index contributed by atoms with van der Waals surface area (Å²) in [4.78, 5) is 16.9. The molecular formula is C13H23N3O. The van der Waals surface area contributed by atoms with E-state index in [0.29, 0.717) is 11.9 Å². The Hall–Kier alpha value is -0.610. The van der Waals surface area contributed by atoms with Gasteiger partial charge in [-0.05, 0) is 51.7 Å². The summed E-state index contributed by atoms with van der Waals surface area (Å²) in [7, 11) is 0. The summed E-state index contributed by atoms with van der Waals surface area (Å²) in [5, 5.41) is 3.31. The van der Waals surface area contributed by atoms with Gasteiger partial charge in [0, 0.05) is 19.1 Å². The first-order valence-electron chi connectivity index (χ1n) is 7.11. The van der Waals surface area contributed by atoms with Crippen molar-refractivity contribution in [3.63, 3.8) is 0 Å². The third kappa shape index (κ3) is 2.33. The van der Waals surface area contributed by atoms with Gasteiger partial charge in [-0.25, -0.2) is 0 Å². The zero-order valence-electron chi connectivity index (χ0n) is 10.5. The molecule has 4 nitrogen and oxygen atoms in total. The molecule has 0 radical (unpaired) electrons. The second-order valence-corrected chi connectivity index (χ2v) is 5.62. The Bertz CT molecular complexity index is 282. The van der Waals surface area contributed by atoms with Crippen LogP contribution in [0.25, 0.3) is 0 Å². The maximum Gasteiger partial charge on any atom is 0.239 e. The van der Waals surface area contributed by atoms with Crippen LogP contribution in [-0.2, 0) is 4.79 Å². The Labute approximate surface area is 103 Å². The normalized spacial score (nSPS) is 34.7. The first-order chi connectivity index (χ1) is 8.34. The first kappa shape index (κ1) is 11.5. The molecule has 0 aromatic carbocycles. The molecule has 2 atom stereocenters. The van der Waals surface area contributed by atoms with Crippen molar-refractivity contribution in [2.24, 2.45) is 0 Å². The van der Waals surface area contributed by atoms with Gasteiger partial charge in [0.15, 0.2) is 0 Å². The Morgan fingerprint density at radius 2 is 1.88 bits per heavy atom. The summed E-state index contributed by atoms with van der Waals surface area (Å²) >= 11 is 0. The summed E-state index contributed by atoms with van der Waals surface area (Å²) in [6, 6.07) is 0.759. The van der Waals surface area contributed by atoms with Crippen LogP contribution >= 0.6 is 0 Å². The third-order valence-electron chi connectivity index (χ3n) is 4.49. The van der Waals surface area contributed by atoms with Crippen molar-refractivity contribution in [1.29, 1.82) is 0 Å². The average molecular weight is 237 g/mol. The Morgan fingerprint density at radius 3 is 2.59 bits per heavy atom. The highest BCUT2D eigenvalue weighted by Crippen LogP contribution is 2.21. The van der Waals surface area contributed by atoms with Gasteiger partial charge < -0.3 is 10.2 Å². The molecule has 1 amide bonds. The van der Waals surface area contributed by atoms with E-state index in [2.05, 4.69) is 15.1 Å².